The van der Waals surface area contributed by atoms with Crippen LogP contribution in [0.2, 0.25) is 0 Å². The first-order chi connectivity index (χ1) is 12.6. The molecule has 4 nitrogen and oxygen atoms in total. The number of hydrogen-bond acceptors (Lipinski definition) is 4. The molecule has 2 atom stereocenters. The summed E-state index contributed by atoms with van der Waals surface area (Å²) in [6.45, 7) is 4.26. The predicted molar refractivity (Wildman–Crippen MR) is 105 cm³/mol. The van der Waals surface area contributed by atoms with Crippen LogP contribution in [0.1, 0.15) is 46.0 Å². The summed E-state index contributed by atoms with van der Waals surface area (Å²) in [5, 5.41) is 5.97. The average Bonchev–Trinajstić information content (AvgIpc) is 3.06. The van der Waals surface area contributed by atoms with Crippen molar-refractivity contribution in [3.05, 3.63) is 69.8 Å². The van der Waals surface area contributed by atoms with Crippen molar-refractivity contribution in [3.63, 3.8) is 0 Å². The number of hydrazone groups is 1. The van der Waals surface area contributed by atoms with Crippen molar-refractivity contribution in [1.82, 2.24) is 5.43 Å². The second-order valence-corrected chi connectivity index (χ2v) is 7.70. The highest BCUT2D eigenvalue weighted by molar-refractivity contribution is 7.12. The van der Waals surface area contributed by atoms with Gasteiger partial charge in [0, 0.05) is 11.5 Å². The van der Waals surface area contributed by atoms with E-state index in [0.717, 1.165) is 16.9 Å². The van der Waals surface area contributed by atoms with Gasteiger partial charge in [0.1, 0.15) is 16.4 Å². The molecule has 0 spiro atoms. The molecular weight excluding hydrogens is 344 g/mol. The van der Waals surface area contributed by atoms with Crippen LogP contribution in [0.5, 0.6) is 0 Å². The lowest BCUT2D eigenvalue weighted by molar-refractivity contribution is 0.0959. The third kappa shape index (κ3) is 3.48. The standard InChI is InChI=1S/C21H20N2O2S/c1-13-3-5-15(6-4-13)17-9-10-26-20(17)21(24)23-22-12-16-7-8-19(25-16)18-11-14(18)2/h3-10,12,14,18H,11H2,1-2H3,(H,23,24)/b22-12-/t14-,18+/m1/s1. The minimum Gasteiger partial charge on any atom is -0.460 e. The van der Waals surface area contributed by atoms with Gasteiger partial charge < -0.3 is 4.42 Å². The number of hydrogen-bond donors (Lipinski definition) is 1. The molecule has 1 amide bonds. The number of amides is 1. The molecule has 1 N–H and O–H groups in total. The van der Waals surface area contributed by atoms with E-state index in [-0.39, 0.29) is 5.91 Å². The quantitative estimate of drug-likeness (QED) is 0.499. The van der Waals surface area contributed by atoms with Crippen molar-refractivity contribution in [1.29, 1.82) is 0 Å². The zero-order valence-corrected chi connectivity index (χ0v) is 15.5. The lowest BCUT2D eigenvalue weighted by Gasteiger charge is -2.03. The largest absolute Gasteiger partial charge is 0.460 e. The Bertz CT molecular complexity index is 953. The van der Waals surface area contributed by atoms with Crippen LogP contribution in [-0.2, 0) is 0 Å². The minimum absolute atomic E-state index is 0.214. The van der Waals surface area contributed by atoms with E-state index in [1.807, 2.05) is 54.8 Å². The molecule has 4 rings (SSSR count). The van der Waals surface area contributed by atoms with Crippen LogP contribution in [-0.4, -0.2) is 12.1 Å². The highest BCUT2D eigenvalue weighted by Gasteiger charge is 2.36. The smallest absolute Gasteiger partial charge is 0.282 e. The molecule has 0 bridgehead atoms. The minimum atomic E-state index is -0.214. The number of rotatable bonds is 5. The highest BCUT2D eigenvalue weighted by Crippen LogP contribution is 2.47. The Morgan fingerprint density at radius 2 is 2.00 bits per heavy atom. The fraction of sp³-hybridized carbons (Fsp3) is 0.238. The molecule has 26 heavy (non-hydrogen) atoms. The van der Waals surface area contributed by atoms with Crippen LogP contribution in [0.3, 0.4) is 0 Å². The van der Waals surface area contributed by atoms with E-state index in [4.69, 9.17) is 4.42 Å². The Balaban J connectivity index is 1.43. The first kappa shape index (κ1) is 16.8. The van der Waals surface area contributed by atoms with Gasteiger partial charge in [0.2, 0.25) is 0 Å². The summed E-state index contributed by atoms with van der Waals surface area (Å²) in [7, 11) is 0. The predicted octanol–water partition coefficient (Wildman–Crippen LogP) is 5.20. The van der Waals surface area contributed by atoms with Crippen LogP contribution in [0.4, 0.5) is 0 Å². The molecule has 0 saturated heterocycles. The Morgan fingerprint density at radius 3 is 2.73 bits per heavy atom. The van der Waals surface area contributed by atoms with Crippen LogP contribution < -0.4 is 5.43 Å². The summed E-state index contributed by atoms with van der Waals surface area (Å²) in [5.74, 6) is 2.68. The zero-order chi connectivity index (χ0) is 18.1. The van der Waals surface area contributed by atoms with Gasteiger partial charge in [0.05, 0.1) is 6.21 Å². The number of nitrogens with one attached hydrogen (secondary N) is 1. The molecule has 1 aliphatic carbocycles. The Kier molecular flexibility index (Phi) is 4.47. The SMILES string of the molecule is Cc1ccc(-c2ccsc2C(=O)N/N=C\c2ccc([C@H]3C[C@H]3C)o2)cc1. The molecule has 1 aromatic carbocycles. The molecule has 0 unspecified atom stereocenters. The monoisotopic (exact) mass is 364 g/mol. The normalized spacial score (nSPS) is 19.0. The summed E-state index contributed by atoms with van der Waals surface area (Å²) in [4.78, 5) is 13.1. The highest BCUT2D eigenvalue weighted by atomic mass is 32.1. The van der Waals surface area contributed by atoms with Crippen molar-refractivity contribution in [2.45, 2.75) is 26.2 Å². The second-order valence-electron chi connectivity index (χ2n) is 6.79. The van der Waals surface area contributed by atoms with E-state index in [9.17, 15) is 4.79 Å². The fourth-order valence-electron chi connectivity index (χ4n) is 3.01. The lowest BCUT2D eigenvalue weighted by atomic mass is 10.1. The molecule has 2 aromatic heterocycles. The van der Waals surface area contributed by atoms with Gasteiger partial charge in [-0.1, -0.05) is 36.8 Å². The molecule has 1 aliphatic rings. The lowest BCUT2D eigenvalue weighted by Crippen LogP contribution is -2.16. The zero-order valence-electron chi connectivity index (χ0n) is 14.7. The topological polar surface area (TPSA) is 54.6 Å². The van der Waals surface area contributed by atoms with Crippen LogP contribution in [0.25, 0.3) is 11.1 Å². The van der Waals surface area contributed by atoms with Gasteiger partial charge in [0.15, 0.2) is 0 Å². The molecule has 5 heteroatoms. The average molecular weight is 364 g/mol. The summed E-state index contributed by atoms with van der Waals surface area (Å²) in [6.07, 6.45) is 2.73. The summed E-state index contributed by atoms with van der Waals surface area (Å²) < 4.78 is 5.76. The van der Waals surface area contributed by atoms with Crippen molar-refractivity contribution in [2.75, 3.05) is 0 Å². The number of carbonyl (C=O) groups is 1. The van der Waals surface area contributed by atoms with Crippen molar-refractivity contribution >= 4 is 23.5 Å². The number of thiophene rings is 1. The summed E-state index contributed by atoms with van der Waals surface area (Å²) in [6, 6.07) is 14.0. The van der Waals surface area contributed by atoms with Gasteiger partial charge in [-0.05, 0) is 48.4 Å². The second kappa shape index (κ2) is 6.92. The van der Waals surface area contributed by atoms with Gasteiger partial charge in [-0.15, -0.1) is 11.3 Å². The van der Waals surface area contributed by atoms with E-state index in [1.54, 1.807) is 6.21 Å². The maximum Gasteiger partial charge on any atom is 0.282 e. The van der Waals surface area contributed by atoms with Crippen molar-refractivity contribution in [3.8, 4) is 11.1 Å². The van der Waals surface area contributed by atoms with Gasteiger partial charge in [-0.3, -0.25) is 4.79 Å². The maximum atomic E-state index is 12.5. The van der Waals surface area contributed by atoms with Gasteiger partial charge in [-0.25, -0.2) is 5.43 Å². The van der Waals surface area contributed by atoms with Gasteiger partial charge in [0.25, 0.3) is 5.91 Å². The summed E-state index contributed by atoms with van der Waals surface area (Å²) >= 11 is 1.41. The molecule has 132 valence electrons. The molecule has 0 radical (unpaired) electrons. The number of nitrogens with zero attached hydrogens (tertiary/aromatic N) is 1. The van der Waals surface area contributed by atoms with Crippen molar-refractivity contribution < 1.29 is 9.21 Å². The van der Waals surface area contributed by atoms with E-state index in [1.165, 1.54) is 23.3 Å². The summed E-state index contributed by atoms with van der Waals surface area (Å²) in [5.41, 5.74) is 5.74. The van der Waals surface area contributed by atoms with E-state index in [2.05, 4.69) is 17.5 Å². The molecule has 0 aliphatic heterocycles. The molecule has 2 heterocycles. The first-order valence-electron chi connectivity index (χ1n) is 8.69. The first-order valence-corrected chi connectivity index (χ1v) is 9.57. The number of benzene rings is 1. The van der Waals surface area contributed by atoms with Gasteiger partial charge >= 0.3 is 0 Å². The number of aryl methyl sites for hydroxylation is 1. The third-order valence-corrected chi connectivity index (χ3v) is 5.63. The molecule has 1 saturated carbocycles. The maximum absolute atomic E-state index is 12.5. The number of furan rings is 1. The van der Waals surface area contributed by atoms with E-state index < -0.39 is 0 Å². The molecule has 1 fully saturated rings. The Labute approximate surface area is 156 Å². The number of carbonyl (C=O) groups excluding carboxylic acids is 1. The van der Waals surface area contributed by atoms with Gasteiger partial charge in [-0.2, -0.15) is 5.10 Å². The van der Waals surface area contributed by atoms with Crippen LogP contribution >= 0.6 is 11.3 Å². The van der Waals surface area contributed by atoms with Crippen molar-refractivity contribution in [2.24, 2.45) is 11.0 Å². The van der Waals surface area contributed by atoms with E-state index >= 15 is 0 Å². The van der Waals surface area contributed by atoms with Crippen LogP contribution in [0.15, 0.2) is 57.4 Å². The Hall–Kier alpha value is -2.66. The third-order valence-electron chi connectivity index (χ3n) is 4.71. The molecule has 3 aromatic rings. The van der Waals surface area contributed by atoms with Crippen LogP contribution in [0, 0.1) is 12.8 Å². The Morgan fingerprint density at radius 1 is 1.23 bits per heavy atom. The molecular formula is C21H20N2O2S. The fourth-order valence-corrected chi connectivity index (χ4v) is 3.81. The van der Waals surface area contributed by atoms with E-state index in [0.29, 0.717) is 22.5 Å².